The normalized spacial score (nSPS) is 13.9. The Labute approximate surface area is 166 Å². The fraction of sp³-hybridized carbons (Fsp3) is 0.364. The molecule has 0 radical (unpaired) electrons. The van der Waals surface area contributed by atoms with E-state index in [9.17, 15) is 9.59 Å². The summed E-state index contributed by atoms with van der Waals surface area (Å²) >= 11 is 0. The van der Waals surface area contributed by atoms with Gasteiger partial charge in [0.05, 0.1) is 24.6 Å². The number of hydrogen-bond acceptors (Lipinski definition) is 4. The van der Waals surface area contributed by atoms with Gasteiger partial charge >= 0.3 is 0 Å². The molecule has 28 heavy (non-hydrogen) atoms. The van der Waals surface area contributed by atoms with Gasteiger partial charge in [-0.15, -0.1) is 0 Å². The quantitative estimate of drug-likeness (QED) is 0.835. The molecule has 2 aromatic carbocycles. The summed E-state index contributed by atoms with van der Waals surface area (Å²) in [4.78, 5) is 28.6. The maximum atomic E-state index is 12.6. The molecule has 0 saturated carbocycles. The minimum Gasteiger partial charge on any atom is -0.378 e. The minimum absolute atomic E-state index is 0.0733. The Morgan fingerprint density at radius 2 is 1.75 bits per heavy atom. The molecule has 1 heterocycles. The molecule has 2 amide bonds. The average molecular weight is 381 g/mol. The molecule has 6 heteroatoms. The monoisotopic (exact) mass is 381 g/mol. The summed E-state index contributed by atoms with van der Waals surface area (Å²) < 4.78 is 5.41. The van der Waals surface area contributed by atoms with E-state index < -0.39 is 0 Å². The Kier molecular flexibility index (Phi) is 6.66. The van der Waals surface area contributed by atoms with E-state index in [2.05, 4.69) is 10.2 Å². The lowest BCUT2D eigenvalue weighted by atomic mass is 10.1. The number of para-hydroxylation sites is 3. The first-order valence-corrected chi connectivity index (χ1v) is 9.61. The van der Waals surface area contributed by atoms with Gasteiger partial charge in [0, 0.05) is 38.7 Å². The minimum atomic E-state index is -0.111. The van der Waals surface area contributed by atoms with Crippen molar-refractivity contribution in [1.29, 1.82) is 0 Å². The summed E-state index contributed by atoms with van der Waals surface area (Å²) in [5, 5.41) is 3.01. The molecule has 1 N–H and O–H groups in total. The number of benzene rings is 2. The van der Waals surface area contributed by atoms with Crippen LogP contribution in [0.1, 0.15) is 18.9 Å². The van der Waals surface area contributed by atoms with Crippen molar-refractivity contribution in [1.82, 2.24) is 0 Å². The molecule has 0 atom stereocenters. The third-order valence-electron chi connectivity index (χ3n) is 4.88. The molecule has 0 aromatic heterocycles. The van der Waals surface area contributed by atoms with Crippen molar-refractivity contribution in [2.75, 3.05) is 48.0 Å². The predicted molar refractivity (Wildman–Crippen MR) is 112 cm³/mol. The van der Waals surface area contributed by atoms with Crippen molar-refractivity contribution < 1.29 is 14.3 Å². The molecule has 3 rings (SSSR count). The number of carbonyl (C=O) groups is 2. The summed E-state index contributed by atoms with van der Waals surface area (Å²) in [6.45, 7) is 6.81. The second-order valence-corrected chi connectivity index (χ2v) is 6.87. The van der Waals surface area contributed by atoms with Crippen LogP contribution in [-0.2, 0) is 14.3 Å². The molecular weight excluding hydrogens is 354 g/mol. The number of hydrogen-bond donors (Lipinski definition) is 1. The van der Waals surface area contributed by atoms with Gasteiger partial charge in [0.15, 0.2) is 0 Å². The first-order valence-electron chi connectivity index (χ1n) is 9.61. The van der Waals surface area contributed by atoms with Gasteiger partial charge in [0.2, 0.25) is 11.8 Å². The second kappa shape index (κ2) is 9.37. The van der Waals surface area contributed by atoms with Gasteiger partial charge in [-0.3, -0.25) is 9.59 Å². The van der Waals surface area contributed by atoms with E-state index in [4.69, 9.17) is 4.74 Å². The zero-order chi connectivity index (χ0) is 19.9. The smallest absolute Gasteiger partial charge is 0.226 e. The Hall–Kier alpha value is -2.86. The van der Waals surface area contributed by atoms with Gasteiger partial charge in [-0.1, -0.05) is 30.3 Å². The molecule has 1 aliphatic rings. The second-order valence-electron chi connectivity index (χ2n) is 6.87. The topological polar surface area (TPSA) is 61.9 Å². The first kappa shape index (κ1) is 19.9. The van der Waals surface area contributed by atoms with Gasteiger partial charge < -0.3 is 19.9 Å². The number of carbonyl (C=O) groups excluding carboxylic acids is 2. The van der Waals surface area contributed by atoms with Gasteiger partial charge in [-0.2, -0.15) is 0 Å². The van der Waals surface area contributed by atoms with Crippen LogP contribution in [0.2, 0.25) is 0 Å². The van der Waals surface area contributed by atoms with E-state index in [-0.39, 0.29) is 18.2 Å². The number of ether oxygens (including phenoxy) is 1. The summed E-state index contributed by atoms with van der Waals surface area (Å²) in [5.41, 5.74) is 3.65. The lowest BCUT2D eigenvalue weighted by molar-refractivity contribution is -0.117. The number of rotatable bonds is 6. The van der Waals surface area contributed by atoms with Crippen LogP contribution in [0, 0.1) is 6.92 Å². The number of nitrogens with one attached hydrogen (secondary N) is 1. The van der Waals surface area contributed by atoms with Crippen LogP contribution in [0.5, 0.6) is 0 Å². The molecule has 148 valence electrons. The highest BCUT2D eigenvalue weighted by atomic mass is 16.5. The van der Waals surface area contributed by atoms with E-state index in [0.29, 0.717) is 19.8 Å². The third kappa shape index (κ3) is 4.89. The highest BCUT2D eigenvalue weighted by Gasteiger charge is 2.18. The van der Waals surface area contributed by atoms with E-state index in [1.165, 1.54) is 6.92 Å². The molecule has 0 unspecified atom stereocenters. The maximum Gasteiger partial charge on any atom is 0.226 e. The van der Waals surface area contributed by atoms with E-state index >= 15 is 0 Å². The van der Waals surface area contributed by atoms with Crippen LogP contribution in [0.4, 0.5) is 17.1 Å². The fourth-order valence-electron chi connectivity index (χ4n) is 3.40. The van der Waals surface area contributed by atoms with Crippen LogP contribution in [-0.4, -0.2) is 44.7 Å². The third-order valence-corrected chi connectivity index (χ3v) is 4.88. The van der Waals surface area contributed by atoms with Crippen LogP contribution in [0.3, 0.4) is 0 Å². The average Bonchev–Trinajstić information content (AvgIpc) is 2.70. The Morgan fingerprint density at radius 1 is 1.07 bits per heavy atom. The lowest BCUT2D eigenvalue weighted by Gasteiger charge is -2.30. The highest BCUT2D eigenvalue weighted by molar-refractivity contribution is 5.97. The van der Waals surface area contributed by atoms with Crippen molar-refractivity contribution in [3.8, 4) is 0 Å². The largest absolute Gasteiger partial charge is 0.378 e. The van der Waals surface area contributed by atoms with Crippen LogP contribution in [0.15, 0.2) is 48.5 Å². The van der Waals surface area contributed by atoms with E-state index in [1.54, 1.807) is 4.90 Å². The van der Waals surface area contributed by atoms with Crippen molar-refractivity contribution in [2.24, 2.45) is 0 Å². The molecule has 1 aliphatic heterocycles. The van der Waals surface area contributed by atoms with Crippen LogP contribution < -0.4 is 15.1 Å². The molecule has 2 aromatic rings. The first-order chi connectivity index (χ1) is 13.6. The van der Waals surface area contributed by atoms with Gasteiger partial charge in [0.25, 0.3) is 0 Å². The SMILES string of the molecule is CC(=O)N(CCC(=O)Nc1ccccc1N1CCOCC1)c1ccccc1C. The van der Waals surface area contributed by atoms with E-state index in [1.807, 2.05) is 55.5 Å². The summed E-state index contributed by atoms with van der Waals surface area (Å²) in [6, 6.07) is 15.5. The Balaban J connectivity index is 1.66. The van der Waals surface area contributed by atoms with Crippen molar-refractivity contribution >= 4 is 28.9 Å². The van der Waals surface area contributed by atoms with Gasteiger partial charge in [0.1, 0.15) is 0 Å². The molecule has 0 spiro atoms. The fourth-order valence-corrected chi connectivity index (χ4v) is 3.40. The van der Waals surface area contributed by atoms with E-state index in [0.717, 1.165) is 35.7 Å². The molecule has 0 bridgehead atoms. The predicted octanol–water partition coefficient (Wildman–Crippen LogP) is 3.21. The van der Waals surface area contributed by atoms with Crippen molar-refractivity contribution in [3.63, 3.8) is 0 Å². The summed E-state index contributed by atoms with van der Waals surface area (Å²) in [7, 11) is 0. The molecular formula is C22H27N3O3. The highest BCUT2D eigenvalue weighted by Crippen LogP contribution is 2.26. The van der Waals surface area contributed by atoms with Crippen molar-refractivity contribution in [2.45, 2.75) is 20.3 Å². The zero-order valence-corrected chi connectivity index (χ0v) is 16.5. The van der Waals surface area contributed by atoms with Crippen LogP contribution in [0.25, 0.3) is 0 Å². The Bertz CT molecular complexity index is 831. The van der Waals surface area contributed by atoms with Gasteiger partial charge in [-0.25, -0.2) is 0 Å². The number of anilines is 3. The zero-order valence-electron chi connectivity index (χ0n) is 16.5. The number of aryl methyl sites for hydroxylation is 1. The van der Waals surface area contributed by atoms with Crippen molar-refractivity contribution in [3.05, 3.63) is 54.1 Å². The number of amides is 2. The number of morpholine rings is 1. The molecule has 6 nitrogen and oxygen atoms in total. The van der Waals surface area contributed by atoms with Gasteiger partial charge in [-0.05, 0) is 30.7 Å². The lowest BCUT2D eigenvalue weighted by Crippen LogP contribution is -2.37. The standard InChI is InChI=1S/C22H27N3O3/c1-17-7-3-5-9-20(17)25(18(2)26)12-11-22(27)23-19-8-4-6-10-21(19)24-13-15-28-16-14-24/h3-10H,11-16H2,1-2H3,(H,23,27). The molecule has 0 aliphatic carbocycles. The summed E-state index contributed by atoms with van der Waals surface area (Å²) in [6.07, 6.45) is 0.228. The van der Waals surface area contributed by atoms with Crippen LogP contribution >= 0.6 is 0 Å². The Morgan fingerprint density at radius 3 is 2.46 bits per heavy atom. The molecule has 1 saturated heterocycles. The number of nitrogens with zero attached hydrogens (tertiary/aromatic N) is 2. The summed E-state index contributed by atoms with van der Waals surface area (Å²) in [5.74, 6) is -0.184. The molecule has 1 fully saturated rings. The maximum absolute atomic E-state index is 12.6.